The molecule has 0 bridgehead atoms. The van der Waals surface area contributed by atoms with Crippen molar-refractivity contribution in [3.63, 3.8) is 0 Å². The maximum absolute atomic E-state index is 8.91. The lowest BCUT2D eigenvalue weighted by molar-refractivity contribution is -0.209. The smallest absolute Gasteiger partial charge is 0.189 e. The number of hydrogen-bond acceptors (Lipinski definition) is 5. The lowest BCUT2D eigenvalue weighted by atomic mass is 10.1. The number of ether oxygens (including phenoxy) is 3. The Morgan fingerprint density at radius 3 is 2.62 bits per heavy atom. The predicted molar refractivity (Wildman–Crippen MR) is 43.8 cm³/mol. The van der Waals surface area contributed by atoms with Crippen LogP contribution in [0, 0.1) is 0 Å². The first-order valence-corrected chi connectivity index (χ1v) is 4.41. The third-order valence-electron chi connectivity index (χ3n) is 2.39. The van der Waals surface area contributed by atoms with Crippen molar-refractivity contribution in [3.8, 4) is 0 Å². The SMILES string of the molecule is CC1(C)OC2[C@@H](O[C@H](CO)[C@@H]2N)O1. The van der Waals surface area contributed by atoms with Crippen LogP contribution in [0.2, 0.25) is 0 Å². The summed E-state index contributed by atoms with van der Waals surface area (Å²) >= 11 is 0. The number of rotatable bonds is 1. The first-order chi connectivity index (χ1) is 6.03. The third-order valence-corrected chi connectivity index (χ3v) is 2.39. The summed E-state index contributed by atoms with van der Waals surface area (Å²) in [6.45, 7) is 3.53. The van der Waals surface area contributed by atoms with Crippen LogP contribution in [0.15, 0.2) is 0 Å². The Morgan fingerprint density at radius 1 is 1.38 bits per heavy atom. The van der Waals surface area contributed by atoms with Gasteiger partial charge in [-0.05, 0) is 13.8 Å². The Bertz CT molecular complexity index is 208. The molecule has 3 N–H and O–H groups in total. The molecule has 2 heterocycles. The number of hydrogen-bond donors (Lipinski definition) is 2. The normalized spacial score (nSPS) is 48.0. The van der Waals surface area contributed by atoms with E-state index in [9.17, 15) is 0 Å². The van der Waals surface area contributed by atoms with Crippen molar-refractivity contribution in [2.45, 2.75) is 44.2 Å². The third kappa shape index (κ3) is 1.47. The Hall–Kier alpha value is -0.200. The first-order valence-electron chi connectivity index (χ1n) is 4.41. The van der Waals surface area contributed by atoms with Gasteiger partial charge in [0.2, 0.25) is 0 Å². The second-order valence-electron chi connectivity index (χ2n) is 3.90. The van der Waals surface area contributed by atoms with Crippen LogP contribution in [0.4, 0.5) is 0 Å². The summed E-state index contributed by atoms with van der Waals surface area (Å²) in [7, 11) is 0. The molecule has 4 atom stereocenters. The van der Waals surface area contributed by atoms with Crippen LogP contribution in [-0.2, 0) is 14.2 Å². The van der Waals surface area contributed by atoms with Gasteiger partial charge in [0.05, 0.1) is 12.6 Å². The van der Waals surface area contributed by atoms with Crippen LogP contribution in [0.3, 0.4) is 0 Å². The van der Waals surface area contributed by atoms with Gasteiger partial charge in [0.1, 0.15) is 12.2 Å². The van der Waals surface area contributed by atoms with Crippen LogP contribution in [0.5, 0.6) is 0 Å². The summed E-state index contributed by atoms with van der Waals surface area (Å²) in [6, 6.07) is -0.309. The summed E-state index contributed by atoms with van der Waals surface area (Å²) in [5, 5.41) is 8.91. The monoisotopic (exact) mass is 189 g/mol. The predicted octanol–water partition coefficient (Wildman–Crippen LogP) is -0.818. The van der Waals surface area contributed by atoms with Gasteiger partial charge in [-0.3, -0.25) is 0 Å². The van der Waals surface area contributed by atoms with Crippen LogP contribution in [0.25, 0.3) is 0 Å². The Labute approximate surface area is 76.8 Å². The Kier molecular flexibility index (Phi) is 2.08. The molecule has 2 aliphatic rings. The summed E-state index contributed by atoms with van der Waals surface area (Å²) in [6.07, 6.45) is -1.06. The fourth-order valence-corrected chi connectivity index (χ4v) is 1.76. The molecule has 0 aliphatic carbocycles. The van der Waals surface area contributed by atoms with Crippen molar-refractivity contribution in [3.05, 3.63) is 0 Å². The van der Waals surface area contributed by atoms with Gasteiger partial charge < -0.3 is 25.1 Å². The molecule has 0 amide bonds. The van der Waals surface area contributed by atoms with E-state index in [-0.39, 0.29) is 24.9 Å². The average Bonchev–Trinajstić information content (AvgIpc) is 2.47. The van der Waals surface area contributed by atoms with Crippen molar-refractivity contribution in [1.82, 2.24) is 0 Å². The maximum atomic E-state index is 8.91. The lowest BCUT2D eigenvalue weighted by Gasteiger charge is -2.22. The molecule has 0 aromatic rings. The largest absolute Gasteiger partial charge is 0.394 e. The van der Waals surface area contributed by atoms with Gasteiger partial charge in [0.25, 0.3) is 0 Å². The summed E-state index contributed by atoms with van der Waals surface area (Å²) < 4.78 is 16.3. The second-order valence-corrected chi connectivity index (χ2v) is 3.90. The number of nitrogens with two attached hydrogens (primary N) is 1. The number of aliphatic hydroxyl groups is 1. The molecule has 0 radical (unpaired) electrons. The van der Waals surface area contributed by atoms with Gasteiger partial charge >= 0.3 is 0 Å². The van der Waals surface area contributed by atoms with Crippen molar-refractivity contribution in [1.29, 1.82) is 0 Å². The minimum Gasteiger partial charge on any atom is -0.394 e. The van der Waals surface area contributed by atoms with E-state index in [0.717, 1.165) is 0 Å². The van der Waals surface area contributed by atoms with E-state index in [4.69, 9.17) is 25.1 Å². The van der Waals surface area contributed by atoms with E-state index in [2.05, 4.69) is 0 Å². The minimum atomic E-state index is -0.632. The van der Waals surface area contributed by atoms with Crippen molar-refractivity contribution >= 4 is 0 Å². The molecule has 2 rings (SSSR count). The Balaban J connectivity index is 2.07. The molecule has 0 spiro atoms. The van der Waals surface area contributed by atoms with Gasteiger partial charge in [-0.25, -0.2) is 0 Å². The van der Waals surface area contributed by atoms with E-state index in [1.54, 1.807) is 0 Å². The molecular formula is C8H15NO4. The molecule has 2 fully saturated rings. The zero-order chi connectivity index (χ0) is 9.64. The summed E-state index contributed by atoms with van der Waals surface area (Å²) in [4.78, 5) is 0. The molecule has 2 saturated heterocycles. The maximum Gasteiger partial charge on any atom is 0.189 e. The van der Waals surface area contributed by atoms with Gasteiger partial charge in [-0.2, -0.15) is 0 Å². The van der Waals surface area contributed by atoms with Gasteiger partial charge in [0.15, 0.2) is 12.1 Å². The average molecular weight is 189 g/mol. The highest BCUT2D eigenvalue weighted by Crippen LogP contribution is 2.36. The number of fused-ring (bicyclic) bond motifs is 1. The van der Waals surface area contributed by atoms with E-state index >= 15 is 0 Å². The summed E-state index contributed by atoms with van der Waals surface area (Å²) in [5.41, 5.74) is 5.81. The fourth-order valence-electron chi connectivity index (χ4n) is 1.76. The minimum absolute atomic E-state index is 0.0959. The van der Waals surface area contributed by atoms with E-state index in [1.165, 1.54) is 0 Å². The van der Waals surface area contributed by atoms with Gasteiger partial charge in [0, 0.05) is 0 Å². The Morgan fingerprint density at radius 2 is 2.08 bits per heavy atom. The lowest BCUT2D eigenvalue weighted by Crippen LogP contribution is -2.42. The molecule has 1 unspecified atom stereocenters. The second kappa shape index (κ2) is 2.90. The molecule has 0 saturated carbocycles. The topological polar surface area (TPSA) is 73.9 Å². The van der Waals surface area contributed by atoms with Gasteiger partial charge in [-0.15, -0.1) is 0 Å². The highest BCUT2D eigenvalue weighted by Gasteiger charge is 2.53. The summed E-state index contributed by atoms with van der Waals surface area (Å²) in [5.74, 6) is -0.632. The molecule has 5 heteroatoms. The quantitative estimate of drug-likeness (QED) is 0.564. The van der Waals surface area contributed by atoms with Crippen LogP contribution in [-0.4, -0.2) is 42.0 Å². The van der Waals surface area contributed by atoms with Crippen LogP contribution in [0.1, 0.15) is 13.8 Å². The highest BCUT2D eigenvalue weighted by atomic mass is 16.8. The molecule has 13 heavy (non-hydrogen) atoms. The van der Waals surface area contributed by atoms with E-state index in [0.29, 0.717) is 0 Å². The van der Waals surface area contributed by atoms with Crippen molar-refractivity contribution in [2.24, 2.45) is 5.73 Å². The molecule has 76 valence electrons. The van der Waals surface area contributed by atoms with Crippen LogP contribution < -0.4 is 5.73 Å². The standard InChI is InChI=1S/C8H15NO4/c1-8(2)12-6-5(9)4(3-10)11-7(6)13-8/h4-7,10H,3,9H2,1-2H3/t4-,5+,6?,7+/m1/s1. The molecule has 2 aliphatic heterocycles. The van der Waals surface area contributed by atoms with Gasteiger partial charge in [-0.1, -0.05) is 0 Å². The van der Waals surface area contributed by atoms with Crippen molar-refractivity contribution < 1.29 is 19.3 Å². The van der Waals surface area contributed by atoms with E-state index < -0.39 is 12.1 Å². The molecule has 0 aromatic heterocycles. The molecule has 5 nitrogen and oxygen atoms in total. The number of aliphatic hydroxyl groups excluding tert-OH is 1. The highest BCUT2D eigenvalue weighted by molar-refractivity contribution is 4.95. The van der Waals surface area contributed by atoms with E-state index in [1.807, 2.05) is 13.8 Å². The fraction of sp³-hybridized carbons (Fsp3) is 1.00. The molecular weight excluding hydrogens is 174 g/mol. The zero-order valence-electron chi connectivity index (χ0n) is 7.77. The first kappa shape index (κ1) is 9.36. The zero-order valence-corrected chi connectivity index (χ0v) is 7.77. The van der Waals surface area contributed by atoms with Crippen LogP contribution >= 0.6 is 0 Å². The van der Waals surface area contributed by atoms with Crippen molar-refractivity contribution in [2.75, 3.05) is 6.61 Å². The molecule has 0 aromatic carbocycles.